The van der Waals surface area contributed by atoms with E-state index in [2.05, 4.69) is 0 Å². The molecular formula is C13H16O3. The zero-order valence-corrected chi connectivity index (χ0v) is 9.60. The molecule has 1 atom stereocenters. The summed E-state index contributed by atoms with van der Waals surface area (Å²) in [6, 6.07) is 9.55. The molecular weight excluding hydrogens is 204 g/mol. The van der Waals surface area contributed by atoms with Gasteiger partial charge in [-0.25, -0.2) is 0 Å². The van der Waals surface area contributed by atoms with Crippen molar-refractivity contribution in [2.75, 3.05) is 6.61 Å². The molecule has 0 amide bonds. The zero-order chi connectivity index (χ0) is 11.6. The maximum absolute atomic E-state index is 11.4. The Bertz CT molecular complexity index is 370. The first-order chi connectivity index (χ1) is 7.58. The van der Waals surface area contributed by atoms with Crippen LogP contribution in [0.4, 0.5) is 0 Å². The van der Waals surface area contributed by atoms with Gasteiger partial charge in [0.15, 0.2) is 0 Å². The maximum atomic E-state index is 11.4. The zero-order valence-electron chi connectivity index (χ0n) is 9.60. The molecule has 0 bridgehead atoms. The standard InChI is InChI=1S/C13H16O3/c1-13(2)8-11(16-12(13)14)9-15-10-6-4-3-5-7-10/h3-7,11H,8-9H2,1-2H3. The van der Waals surface area contributed by atoms with Gasteiger partial charge in [0.25, 0.3) is 0 Å². The van der Waals surface area contributed by atoms with Gasteiger partial charge < -0.3 is 9.47 Å². The van der Waals surface area contributed by atoms with E-state index >= 15 is 0 Å². The number of esters is 1. The number of hydrogen-bond donors (Lipinski definition) is 0. The minimum Gasteiger partial charge on any atom is -0.490 e. The molecule has 1 unspecified atom stereocenters. The van der Waals surface area contributed by atoms with Crippen LogP contribution in [0.5, 0.6) is 5.75 Å². The number of ether oxygens (including phenoxy) is 2. The largest absolute Gasteiger partial charge is 0.490 e. The van der Waals surface area contributed by atoms with Gasteiger partial charge in [-0.3, -0.25) is 4.79 Å². The third kappa shape index (κ3) is 2.35. The highest BCUT2D eigenvalue weighted by atomic mass is 16.6. The molecule has 0 spiro atoms. The molecule has 3 nitrogen and oxygen atoms in total. The molecule has 1 aliphatic heterocycles. The Morgan fingerprint density at radius 2 is 2.06 bits per heavy atom. The summed E-state index contributed by atoms with van der Waals surface area (Å²) in [7, 11) is 0. The van der Waals surface area contributed by atoms with Crippen LogP contribution in [-0.4, -0.2) is 18.7 Å². The van der Waals surface area contributed by atoms with Crippen LogP contribution in [0, 0.1) is 5.41 Å². The Labute approximate surface area is 95.4 Å². The monoisotopic (exact) mass is 220 g/mol. The summed E-state index contributed by atoms with van der Waals surface area (Å²) >= 11 is 0. The van der Waals surface area contributed by atoms with E-state index in [4.69, 9.17) is 9.47 Å². The molecule has 1 saturated heterocycles. The summed E-state index contributed by atoms with van der Waals surface area (Å²) in [4.78, 5) is 11.4. The molecule has 1 aliphatic rings. The van der Waals surface area contributed by atoms with Crippen molar-refractivity contribution in [2.24, 2.45) is 5.41 Å². The van der Waals surface area contributed by atoms with Crippen molar-refractivity contribution in [3.8, 4) is 5.75 Å². The Balaban J connectivity index is 1.87. The van der Waals surface area contributed by atoms with Crippen molar-refractivity contribution in [1.82, 2.24) is 0 Å². The predicted molar refractivity (Wildman–Crippen MR) is 60.2 cm³/mol. The van der Waals surface area contributed by atoms with Gasteiger partial charge in [0.05, 0.1) is 5.41 Å². The highest BCUT2D eigenvalue weighted by molar-refractivity contribution is 5.78. The summed E-state index contributed by atoms with van der Waals surface area (Å²) in [5.74, 6) is 0.678. The number of cyclic esters (lactones) is 1. The lowest BCUT2D eigenvalue weighted by Crippen LogP contribution is -2.17. The van der Waals surface area contributed by atoms with Gasteiger partial charge in [0.2, 0.25) is 0 Å². The summed E-state index contributed by atoms with van der Waals surface area (Å²) in [6.07, 6.45) is 0.598. The smallest absolute Gasteiger partial charge is 0.312 e. The molecule has 0 aliphatic carbocycles. The van der Waals surface area contributed by atoms with E-state index in [1.54, 1.807) is 0 Å². The van der Waals surface area contributed by atoms with Crippen molar-refractivity contribution >= 4 is 5.97 Å². The van der Waals surface area contributed by atoms with Gasteiger partial charge in [-0.1, -0.05) is 18.2 Å². The topological polar surface area (TPSA) is 35.5 Å². The Hall–Kier alpha value is -1.51. The second kappa shape index (κ2) is 4.16. The Morgan fingerprint density at radius 3 is 2.62 bits per heavy atom. The molecule has 0 N–H and O–H groups in total. The number of hydrogen-bond acceptors (Lipinski definition) is 3. The summed E-state index contributed by atoms with van der Waals surface area (Å²) in [6.45, 7) is 4.23. The van der Waals surface area contributed by atoms with Crippen LogP contribution in [-0.2, 0) is 9.53 Å². The molecule has 1 aromatic rings. The van der Waals surface area contributed by atoms with Crippen molar-refractivity contribution in [3.05, 3.63) is 30.3 Å². The van der Waals surface area contributed by atoms with Crippen molar-refractivity contribution < 1.29 is 14.3 Å². The van der Waals surface area contributed by atoms with Crippen LogP contribution in [0.15, 0.2) is 30.3 Å². The van der Waals surface area contributed by atoms with Crippen LogP contribution in [0.1, 0.15) is 20.3 Å². The first kappa shape index (κ1) is 11.0. The molecule has 1 heterocycles. The summed E-state index contributed by atoms with van der Waals surface area (Å²) < 4.78 is 10.8. The summed E-state index contributed by atoms with van der Waals surface area (Å²) in [5.41, 5.74) is -0.370. The van der Waals surface area contributed by atoms with E-state index in [9.17, 15) is 4.79 Å². The lowest BCUT2D eigenvalue weighted by atomic mass is 9.90. The fourth-order valence-electron chi connectivity index (χ4n) is 1.80. The highest BCUT2D eigenvalue weighted by Crippen LogP contribution is 2.33. The lowest BCUT2D eigenvalue weighted by Gasteiger charge is -2.11. The second-order valence-electron chi connectivity index (χ2n) is 4.74. The van der Waals surface area contributed by atoms with Crippen LogP contribution in [0.2, 0.25) is 0 Å². The molecule has 0 saturated carbocycles. The number of carbonyl (C=O) groups is 1. The fraction of sp³-hybridized carbons (Fsp3) is 0.462. The number of para-hydroxylation sites is 1. The first-order valence-electron chi connectivity index (χ1n) is 5.47. The van der Waals surface area contributed by atoms with Gasteiger partial charge >= 0.3 is 5.97 Å². The molecule has 0 radical (unpaired) electrons. The molecule has 0 aromatic heterocycles. The molecule has 1 aromatic carbocycles. The van der Waals surface area contributed by atoms with Gasteiger partial charge in [-0.05, 0) is 26.0 Å². The average molecular weight is 220 g/mol. The van der Waals surface area contributed by atoms with E-state index in [0.29, 0.717) is 6.61 Å². The van der Waals surface area contributed by atoms with Gasteiger partial charge in [0, 0.05) is 6.42 Å². The van der Waals surface area contributed by atoms with Crippen molar-refractivity contribution in [2.45, 2.75) is 26.4 Å². The van der Waals surface area contributed by atoms with Gasteiger partial charge in [-0.15, -0.1) is 0 Å². The lowest BCUT2D eigenvalue weighted by molar-refractivity contribution is -0.148. The fourth-order valence-corrected chi connectivity index (χ4v) is 1.80. The van der Waals surface area contributed by atoms with Crippen molar-refractivity contribution in [3.63, 3.8) is 0 Å². The Morgan fingerprint density at radius 1 is 1.38 bits per heavy atom. The molecule has 3 heteroatoms. The van der Waals surface area contributed by atoms with Crippen LogP contribution >= 0.6 is 0 Å². The van der Waals surface area contributed by atoms with E-state index in [1.165, 1.54) is 0 Å². The average Bonchev–Trinajstić information content (AvgIpc) is 2.52. The number of benzene rings is 1. The van der Waals surface area contributed by atoms with Crippen LogP contribution in [0.25, 0.3) is 0 Å². The molecule has 86 valence electrons. The van der Waals surface area contributed by atoms with Gasteiger partial charge in [-0.2, -0.15) is 0 Å². The van der Waals surface area contributed by atoms with Crippen LogP contribution in [0.3, 0.4) is 0 Å². The third-order valence-electron chi connectivity index (χ3n) is 2.74. The number of rotatable bonds is 3. The second-order valence-corrected chi connectivity index (χ2v) is 4.74. The molecule has 16 heavy (non-hydrogen) atoms. The Kier molecular flexibility index (Phi) is 2.86. The SMILES string of the molecule is CC1(C)CC(COc2ccccc2)OC1=O. The molecule has 2 rings (SSSR count). The quantitative estimate of drug-likeness (QED) is 0.734. The van der Waals surface area contributed by atoms with E-state index in [1.807, 2.05) is 44.2 Å². The van der Waals surface area contributed by atoms with Crippen molar-refractivity contribution in [1.29, 1.82) is 0 Å². The minimum absolute atomic E-state index is 0.122. The van der Waals surface area contributed by atoms with E-state index in [0.717, 1.165) is 12.2 Å². The first-order valence-corrected chi connectivity index (χ1v) is 5.47. The third-order valence-corrected chi connectivity index (χ3v) is 2.74. The maximum Gasteiger partial charge on any atom is 0.312 e. The predicted octanol–water partition coefficient (Wildman–Crippen LogP) is 2.41. The van der Waals surface area contributed by atoms with Gasteiger partial charge in [0.1, 0.15) is 18.5 Å². The normalized spacial score (nSPS) is 22.9. The summed E-state index contributed by atoms with van der Waals surface area (Å²) in [5, 5.41) is 0. The minimum atomic E-state index is -0.370. The highest BCUT2D eigenvalue weighted by Gasteiger charge is 2.41. The van der Waals surface area contributed by atoms with Crippen LogP contribution < -0.4 is 4.74 Å². The molecule has 1 fully saturated rings. The van der Waals surface area contributed by atoms with E-state index in [-0.39, 0.29) is 17.5 Å². The number of carbonyl (C=O) groups excluding carboxylic acids is 1. The van der Waals surface area contributed by atoms with E-state index < -0.39 is 0 Å².